The van der Waals surface area contributed by atoms with Crippen molar-refractivity contribution in [3.63, 3.8) is 0 Å². The van der Waals surface area contributed by atoms with Crippen LogP contribution in [0, 0.1) is 0 Å². The second kappa shape index (κ2) is 11.2. The fraction of sp³-hybridized carbons (Fsp3) is 0.333. The standard InChI is InChI=1S/C21H25NO5S/c1-15(28-14-17-9-11-18(25-2)12-10-17)19(20(23)26-3)22-21(24)27-13-16-7-5-4-6-8-16/h4-12,15,19H,13-14H2,1-3H3,(H,22,24). The van der Waals surface area contributed by atoms with Crippen LogP contribution in [0.4, 0.5) is 4.79 Å². The van der Waals surface area contributed by atoms with Gasteiger partial charge in [-0.25, -0.2) is 9.59 Å². The third kappa shape index (κ3) is 6.81. The maximum Gasteiger partial charge on any atom is 0.408 e. The molecular weight excluding hydrogens is 378 g/mol. The van der Waals surface area contributed by atoms with E-state index >= 15 is 0 Å². The van der Waals surface area contributed by atoms with Crippen molar-refractivity contribution in [2.24, 2.45) is 0 Å². The summed E-state index contributed by atoms with van der Waals surface area (Å²) in [5.74, 6) is 0.961. The van der Waals surface area contributed by atoms with E-state index in [1.54, 1.807) is 7.11 Å². The molecule has 6 nitrogen and oxygen atoms in total. The molecule has 0 aliphatic heterocycles. The van der Waals surface area contributed by atoms with Gasteiger partial charge in [0, 0.05) is 11.0 Å². The molecule has 0 saturated carbocycles. The van der Waals surface area contributed by atoms with Gasteiger partial charge in [0.2, 0.25) is 0 Å². The molecule has 2 rings (SSSR count). The maximum absolute atomic E-state index is 12.1. The lowest BCUT2D eigenvalue weighted by Gasteiger charge is -2.22. The van der Waals surface area contributed by atoms with E-state index in [9.17, 15) is 9.59 Å². The zero-order chi connectivity index (χ0) is 20.4. The molecule has 7 heteroatoms. The number of carbonyl (C=O) groups excluding carboxylic acids is 2. The van der Waals surface area contributed by atoms with Gasteiger partial charge in [-0.2, -0.15) is 11.8 Å². The average Bonchev–Trinajstić information content (AvgIpc) is 2.74. The molecule has 0 aliphatic rings. The smallest absolute Gasteiger partial charge is 0.408 e. The van der Waals surface area contributed by atoms with Gasteiger partial charge >= 0.3 is 12.1 Å². The fourth-order valence-electron chi connectivity index (χ4n) is 2.43. The molecule has 0 spiro atoms. The van der Waals surface area contributed by atoms with Crippen molar-refractivity contribution in [1.82, 2.24) is 5.32 Å². The molecule has 2 aromatic carbocycles. The van der Waals surface area contributed by atoms with Crippen LogP contribution < -0.4 is 10.1 Å². The number of hydrogen-bond donors (Lipinski definition) is 1. The van der Waals surface area contributed by atoms with Crippen LogP contribution in [-0.2, 0) is 26.6 Å². The number of rotatable bonds is 9. The van der Waals surface area contributed by atoms with Crippen molar-refractivity contribution < 1.29 is 23.8 Å². The monoisotopic (exact) mass is 403 g/mol. The molecule has 1 N–H and O–H groups in total. The third-order valence-corrected chi connectivity index (χ3v) is 5.38. The van der Waals surface area contributed by atoms with E-state index in [0.717, 1.165) is 16.9 Å². The van der Waals surface area contributed by atoms with Crippen LogP contribution in [0.5, 0.6) is 5.75 Å². The minimum absolute atomic E-state index is 0.133. The van der Waals surface area contributed by atoms with Gasteiger partial charge in [0.15, 0.2) is 0 Å². The summed E-state index contributed by atoms with van der Waals surface area (Å²) in [5.41, 5.74) is 1.96. The van der Waals surface area contributed by atoms with E-state index in [1.165, 1.54) is 18.9 Å². The molecular formula is C21H25NO5S. The number of amides is 1. The van der Waals surface area contributed by atoms with E-state index in [-0.39, 0.29) is 11.9 Å². The molecule has 2 atom stereocenters. The summed E-state index contributed by atoms with van der Waals surface area (Å²) in [7, 11) is 2.92. The topological polar surface area (TPSA) is 73.9 Å². The number of hydrogen-bond acceptors (Lipinski definition) is 6. The van der Waals surface area contributed by atoms with Crippen LogP contribution in [0.2, 0.25) is 0 Å². The molecule has 28 heavy (non-hydrogen) atoms. The molecule has 2 unspecified atom stereocenters. The number of nitrogens with one attached hydrogen (secondary N) is 1. The van der Waals surface area contributed by atoms with Gasteiger partial charge < -0.3 is 19.5 Å². The van der Waals surface area contributed by atoms with Crippen LogP contribution in [0.1, 0.15) is 18.1 Å². The Morgan fingerprint density at radius 2 is 1.68 bits per heavy atom. The first-order chi connectivity index (χ1) is 13.5. The molecule has 0 bridgehead atoms. The van der Waals surface area contributed by atoms with Crippen molar-refractivity contribution >= 4 is 23.8 Å². The summed E-state index contributed by atoms with van der Waals surface area (Å²) in [6.07, 6.45) is -0.656. The average molecular weight is 404 g/mol. The summed E-state index contributed by atoms with van der Waals surface area (Å²) in [6.45, 7) is 2.00. The first-order valence-corrected chi connectivity index (χ1v) is 9.88. The Hall–Kier alpha value is -2.67. The Labute approximate surface area is 169 Å². The highest BCUT2D eigenvalue weighted by atomic mass is 32.2. The van der Waals surface area contributed by atoms with Gasteiger partial charge in [-0.15, -0.1) is 0 Å². The highest BCUT2D eigenvalue weighted by Gasteiger charge is 2.28. The van der Waals surface area contributed by atoms with Crippen molar-refractivity contribution in [3.05, 3.63) is 65.7 Å². The lowest BCUT2D eigenvalue weighted by molar-refractivity contribution is -0.142. The largest absolute Gasteiger partial charge is 0.497 e. The minimum atomic E-state index is -0.809. The number of thioether (sulfide) groups is 1. The van der Waals surface area contributed by atoms with E-state index < -0.39 is 18.1 Å². The van der Waals surface area contributed by atoms with E-state index in [2.05, 4.69) is 5.32 Å². The van der Waals surface area contributed by atoms with E-state index in [0.29, 0.717) is 5.75 Å². The summed E-state index contributed by atoms with van der Waals surface area (Å²) in [6, 6.07) is 16.2. The van der Waals surface area contributed by atoms with Gasteiger partial charge in [0.05, 0.1) is 14.2 Å². The number of esters is 1. The quantitative estimate of drug-likeness (QED) is 0.642. The molecule has 150 valence electrons. The minimum Gasteiger partial charge on any atom is -0.497 e. The Balaban J connectivity index is 1.89. The van der Waals surface area contributed by atoms with Crippen molar-refractivity contribution in [2.45, 2.75) is 30.6 Å². The lowest BCUT2D eigenvalue weighted by Crippen LogP contribution is -2.47. The molecule has 0 aromatic heterocycles. The summed E-state index contributed by atoms with van der Waals surface area (Å²) >= 11 is 1.54. The van der Waals surface area contributed by atoms with Crippen molar-refractivity contribution in [2.75, 3.05) is 14.2 Å². The van der Waals surface area contributed by atoms with E-state index in [4.69, 9.17) is 14.2 Å². The van der Waals surface area contributed by atoms with Crippen LogP contribution in [0.25, 0.3) is 0 Å². The zero-order valence-corrected chi connectivity index (χ0v) is 17.0. The van der Waals surface area contributed by atoms with Crippen LogP contribution in [0.3, 0.4) is 0 Å². The number of alkyl carbamates (subject to hydrolysis) is 1. The Bertz CT molecular complexity index is 751. The zero-order valence-electron chi connectivity index (χ0n) is 16.2. The Kier molecular flexibility index (Phi) is 8.68. The fourth-order valence-corrected chi connectivity index (χ4v) is 3.45. The number of carbonyl (C=O) groups is 2. The summed E-state index contributed by atoms with van der Waals surface area (Å²) in [4.78, 5) is 24.3. The summed E-state index contributed by atoms with van der Waals surface area (Å²) in [5, 5.41) is 2.41. The van der Waals surface area contributed by atoms with Crippen molar-refractivity contribution in [3.8, 4) is 5.75 Å². The molecule has 0 radical (unpaired) electrons. The second-order valence-electron chi connectivity index (χ2n) is 6.07. The maximum atomic E-state index is 12.1. The van der Waals surface area contributed by atoms with E-state index in [1.807, 2.05) is 61.5 Å². The molecule has 2 aromatic rings. The second-order valence-corrected chi connectivity index (χ2v) is 7.44. The molecule has 1 amide bonds. The van der Waals surface area contributed by atoms with Crippen molar-refractivity contribution in [1.29, 1.82) is 0 Å². The van der Waals surface area contributed by atoms with Crippen LogP contribution in [-0.4, -0.2) is 37.6 Å². The van der Waals surface area contributed by atoms with Gasteiger partial charge in [-0.3, -0.25) is 0 Å². The molecule has 0 fully saturated rings. The summed E-state index contributed by atoms with van der Waals surface area (Å²) < 4.78 is 15.2. The Morgan fingerprint density at radius 1 is 1.00 bits per heavy atom. The molecule has 0 heterocycles. The molecule has 0 aliphatic carbocycles. The predicted octanol–water partition coefficient (Wildman–Crippen LogP) is 3.78. The van der Waals surface area contributed by atoms with Gasteiger partial charge in [0.25, 0.3) is 0 Å². The van der Waals surface area contributed by atoms with Gasteiger partial charge in [0.1, 0.15) is 18.4 Å². The lowest BCUT2D eigenvalue weighted by atomic mass is 10.2. The number of methoxy groups -OCH3 is 2. The highest BCUT2D eigenvalue weighted by Crippen LogP contribution is 2.22. The third-order valence-electron chi connectivity index (χ3n) is 4.08. The van der Waals surface area contributed by atoms with Crippen LogP contribution >= 0.6 is 11.8 Å². The van der Waals surface area contributed by atoms with Gasteiger partial charge in [-0.05, 0) is 23.3 Å². The predicted molar refractivity (Wildman–Crippen MR) is 109 cm³/mol. The number of ether oxygens (including phenoxy) is 3. The molecule has 0 saturated heterocycles. The first-order valence-electron chi connectivity index (χ1n) is 8.83. The van der Waals surface area contributed by atoms with Gasteiger partial charge in [-0.1, -0.05) is 49.4 Å². The first kappa shape index (κ1) is 21.6. The number of benzene rings is 2. The normalized spacial score (nSPS) is 12.5. The van der Waals surface area contributed by atoms with Crippen LogP contribution in [0.15, 0.2) is 54.6 Å². The highest BCUT2D eigenvalue weighted by molar-refractivity contribution is 7.99. The SMILES string of the molecule is COC(=O)C(NC(=O)OCc1ccccc1)C(C)SCc1ccc(OC)cc1. The Morgan fingerprint density at radius 3 is 2.29 bits per heavy atom.